The fourth-order valence-corrected chi connectivity index (χ4v) is 7.61. The van der Waals surface area contributed by atoms with Crippen LogP contribution in [0, 0.1) is 0 Å². The summed E-state index contributed by atoms with van der Waals surface area (Å²) in [5.74, 6) is -5.10. The third kappa shape index (κ3) is 6.37. The minimum atomic E-state index is -4.93. The summed E-state index contributed by atoms with van der Waals surface area (Å²) in [5.41, 5.74) is -2.90. The predicted octanol–water partition coefficient (Wildman–Crippen LogP) is 6.86. The lowest BCUT2D eigenvalue weighted by Gasteiger charge is -2.31. The molecule has 1 unspecified atom stereocenters. The number of aromatic nitrogens is 3. The molecule has 9 nitrogen and oxygen atoms in total. The van der Waals surface area contributed by atoms with E-state index in [0.29, 0.717) is 18.3 Å². The molecule has 1 atom stereocenters. The molecule has 1 saturated heterocycles. The van der Waals surface area contributed by atoms with Crippen LogP contribution in [0.1, 0.15) is 49.0 Å². The van der Waals surface area contributed by atoms with Gasteiger partial charge in [0.1, 0.15) is 22.0 Å². The first-order valence-corrected chi connectivity index (χ1v) is 15.9. The average molecular weight is 728 g/mol. The van der Waals surface area contributed by atoms with Gasteiger partial charge in [-0.15, -0.1) is 21.5 Å². The summed E-state index contributed by atoms with van der Waals surface area (Å²) in [5, 5.41) is 5.66. The second kappa shape index (κ2) is 11.3. The number of thiazole rings is 1. The van der Waals surface area contributed by atoms with E-state index in [0.717, 1.165) is 17.0 Å². The molecule has 0 spiro atoms. The summed E-state index contributed by atoms with van der Waals surface area (Å²) in [6.45, 7) is -0.172. The van der Waals surface area contributed by atoms with Gasteiger partial charge in [-0.1, -0.05) is 29.3 Å². The van der Waals surface area contributed by atoms with Gasteiger partial charge in [-0.25, -0.2) is 22.2 Å². The molecule has 0 bridgehead atoms. The fraction of sp³-hybridized carbons (Fsp3) is 0.500. The van der Waals surface area contributed by atoms with E-state index in [-0.39, 0.29) is 41.4 Å². The van der Waals surface area contributed by atoms with Crippen molar-refractivity contribution < 1.29 is 52.8 Å². The largest absolute Gasteiger partial charge is 0.418 e. The highest BCUT2D eigenvalue weighted by Crippen LogP contribution is 2.58. The Morgan fingerprint density at radius 1 is 1.04 bits per heavy atom. The highest BCUT2D eigenvalue weighted by Gasteiger charge is 2.68. The fourth-order valence-electron chi connectivity index (χ4n) is 4.45. The van der Waals surface area contributed by atoms with E-state index < -0.39 is 90.9 Å². The van der Waals surface area contributed by atoms with Crippen LogP contribution in [0.3, 0.4) is 0 Å². The molecule has 5 rings (SSSR count). The van der Waals surface area contributed by atoms with Crippen LogP contribution in [0.25, 0.3) is 21.3 Å². The molecule has 1 amide bonds. The predicted molar refractivity (Wildman–Crippen MR) is 144 cm³/mol. The minimum absolute atomic E-state index is 0.128. The third-order valence-electron chi connectivity index (χ3n) is 7.33. The van der Waals surface area contributed by atoms with E-state index in [1.807, 2.05) is 0 Å². The summed E-state index contributed by atoms with van der Waals surface area (Å²) < 4.78 is 140. The maximum Gasteiger partial charge on any atom is 0.404 e. The molecule has 21 heteroatoms. The third-order valence-corrected chi connectivity index (χ3v) is 11.0. The highest BCUT2D eigenvalue weighted by atomic mass is 35.5. The molecule has 1 aliphatic carbocycles. The Hall–Kier alpha value is -2.61. The number of piperidine rings is 1. The average Bonchev–Trinajstić information content (AvgIpc) is 3.41. The van der Waals surface area contributed by atoms with Gasteiger partial charge in [-0.05, 0) is 25.8 Å². The zero-order chi connectivity index (χ0) is 33.3. The first-order valence-electron chi connectivity index (χ1n) is 12.8. The zero-order valence-electron chi connectivity index (χ0n) is 22.5. The molecular weight excluding hydrogens is 709 g/mol. The van der Waals surface area contributed by atoms with Crippen molar-refractivity contribution in [2.45, 2.75) is 67.2 Å². The Labute approximate surface area is 263 Å². The zero-order valence-corrected chi connectivity index (χ0v) is 25.6. The van der Waals surface area contributed by atoms with Crippen LogP contribution in [0.4, 0.5) is 35.1 Å². The topological polar surface area (TPSA) is 118 Å². The van der Waals surface area contributed by atoms with E-state index in [1.54, 1.807) is 0 Å². The molecule has 246 valence electrons. The number of halogens is 10. The molecule has 1 aliphatic heterocycles. The summed E-state index contributed by atoms with van der Waals surface area (Å²) >= 11 is 13.2. The van der Waals surface area contributed by atoms with Gasteiger partial charge in [-0.2, -0.15) is 31.1 Å². The standard InChI is InChI=1S/C24H19Cl2F8N5O4S2/c1-10(23(29,30)31)38-45(41,42)12-3-2-11(13(25)14(12)26)16-15(19(40)39-8-6-22(27,28)7-9-39)35-18(44-16)17-36-37-20(43-17)21(4-5-21)24(32,33)34/h2-3,10,38H,4-9H2,1H3. The van der Waals surface area contributed by atoms with E-state index in [2.05, 4.69) is 15.2 Å². The van der Waals surface area contributed by atoms with Crippen LogP contribution in [0.5, 0.6) is 0 Å². The first-order chi connectivity index (χ1) is 20.7. The number of nitrogens with one attached hydrogen (secondary N) is 1. The van der Waals surface area contributed by atoms with E-state index in [9.17, 15) is 48.3 Å². The molecule has 45 heavy (non-hydrogen) atoms. The van der Waals surface area contributed by atoms with Crippen molar-refractivity contribution >= 4 is 50.5 Å². The monoisotopic (exact) mass is 727 g/mol. The number of benzene rings is 1. The highest BCUT2D eigenvalue weighted by molar-refractivity contribution is 7.89. The molecule has 1 saturated carbocycles. The van der Waals surface area contributed by atoms with Gasteiger partial charge in [-0.3, -0.25) is 4.79 Å². The van der Waals surface area contributed by atoms with Crippen LogP contribution in [0.15, 0.2) is 21.4 Å². The molecule has 1 N–H and O–H groups in total. The SMILES string of the molecule is CC(NS(=O)(=O)c1ccc(-c2sc(-c3nnc(C4(C(F)(F)F)CC4)o3)nc2C(=O)N2CCC(F)(F)CC2)c(Cl)c1Cl)C(F)(F)F. The quantitative estimate of drug-likeness (QED) is 0.264. The number of carbonyl (C=O) groups is 1. The van der Waals surface area contributed by atoms with Crippen molar-refractivity contribution in [1.82, 2.24) is 24.8 Å². The van der Waals surface area contributed by atoms with Crippen LogP contribution in [-0.2, 0) is 15.4 Å². The number of carbonyl (C=O) groups excluding carboxylic acids is 1. The van der Waals surface area contributed by atoms with Crippen LogP contribution < -0.4 is 4.72 Å². The Balaban J connectivity index is 1.57. The second-order valence-corrected chi connectivity index (χ2v) is 13.9. The smallest absolute Gasteiger partial charge is 0.404 e. The maximum absolute atomic E-state index is 13.8. The van der Waals surface area contributed by atoms with Crippen LogP contribution >= 0.6 is 34.5 Å². The first kappa shape index (κ1) is 33.7. The molecule has 3 aromatic rings. The number of alkyl halides is 8. The van der Waals surface area contributed by atoms with E-state index in [4.69, 9.17) is 27.6 Å². The van der Waals surface area contributed by atoms with Crippen molar-refractivity contribution in [2.75, 3.05) is 13.1 Å². The van der Waals surface area contributed by atoms with Gasteiger partial charge in [0, 0.05) is 31.5 Å². The van der Waals surface area contributed by atoms with Crippen LogP contribution in [-0.4, -0.2) is 71.8 Å². The van der Waals surface area contributed by atoms with Crippen molar-refractivity contribution in [1.29, 1.82) is 0 Å². The van der Waals surface area contributed by atoms with Crippen molar-refractivity contribution in [2.24, 2.45) is 0 Å². The second-order valence-electron chi connectivity index (χ2n) is 10.5. The van der Waals surface area contributed by atoms with E-state index in [1.165, 1.54) is 4.72 Å². The van der Waals surface area contributed by atoms with Crippen molar-refractivity contribution in [3.63, 3.8) is 0 Å². The summed E-state index contributed by atoms with van der Waals surface area (Å²) in [7, 11) is -4.87. The van der Waals surface area contributed by atoms with Crippen molar-refractivity contribution in [3.05, 3.63) is 33.8 Å². The number of rotatable bonds is 7. The Morgan fingerprint density at radius 2 is 1.67 bits per heavy atom. The molecule has 2 aliphatic rings. The lowest BCUT2D eigenvalue weighted by molar-refractivity contribution is -0.165. The lowest BCUT2D eigenvalue weighted by atomic mass is 10.1. The molecule has 2 aromatic heterocycles. The Morgan fingerprint density at radius 3 is 2.22 bits per heavy atom. The number of hydrogen-bond donors (Lipinski definition) is 1. The minimum Gasteiger partial charge on any atom is -0.418 e. The van der Waals surface area contributed by atoms with Gasteiger partial charge in [0.2, 0.25) is 15.9 Å². The van der Waals surface area contributed by atoms with Gasteiger partial charge >= 0.3 is 12.4 Å². The molecule has 1 aromatic carbocycles. The molecule has 3 heterocycles. The van der Waals surface area contributed by atoms with Gasteiger partial charge in [0.05, 0.1) is 14.9 Å². The Kier molecular flexibility index (Phi) is 8.45. The van der Waals surface area contributed by atoms with Gasteiger partial charge in [0.15, 0.2) is 5.01 Å². The number of nitrogens with zero attached hydrogens (tertiary/aromatic N) is 4. The normalized spacial score (nSPS) is 19.0. The van der Waals surface area contributed by atoms with Crippen molar-refractivity contribution in [3.8, 4) is 21.3 Å². The summed E-state index contributed by atoms with van der Waals surface area (Å²) in [6.07, 6.45) is -11.5. The van der Waals surface area contributed by atoms with Crippen LogP contribution in [0.2, 0.25) is 10.0 Å². The van der Waals surface area contributed by atoms with E-state index >= 15 is 0 Å². The Bertz CT molecular complexity index is 1750. The number of sulfonamides is 1. The molecule has 0 radical (unpaired) electrons. The molecule has 2 fully saturated rings. The summed E-state index contributed by atoms with van der Waals surface area (Å²) in [6, 6.07) is -0.634. The van der Waals surface area contributed by atoms with Gasteiger partial charge < -0.3 is 9.32 Å². The molecular formula is C24H19Cl2F8N5O4S2. The number of likely N-dealkylation sites (tertiary alicyclic amines) is 1. The van der Waals surface area contributed by atoms with Gasteiger partial charge in [0.25, 0.3) is 17.7 Å². The summed E-state index contributed by atoms with van der Waals surface area (Å²) in [4.78, 5) is 17.8. The lowest BCUT2D eigenvalue weighted by Crippen LogP contribution is -2.43. The number of amides is 1. The number of hydrogen-bond acceptors (Lipinski definition) is 8. The maximum atomic E-state index is 13.8.